The summed E-state index contributed by atoms with van der Waals surface area (Å²) in [6.07, 6.45) is 1.60. The van der Waals surface area contributed by atoms with Crippen molar-refractivity contribution >= 4 is 38.7 Å². The van der Waals surface area contributed by atoms with Crippen molar-refractivity contribution in [1.82, 2.24) is 5.01 Å². The van der Waals surface area contributed by atoms with Gasteiger partial charge in [0.1, 0.15) is 0 Å². The van der Waals surface area contributed by atoms with E-state index in [1.54, 1.807) is 18.2 Å². The number of amides is 1. The zero-order valence-corrected chi connectivity index (χ0v) is 18.2. The van der Waals surface area contributed by atoms with E-state index in [9.17, 15) is 13.2 Å². The lowest BCUT2D eigenvalue weighted by atomic mass is 9.96. The van der Waals surface area contributed by atoms with Crippen LogP contribution in [0.3, 0.4) is 0 Å². The fraction of sp³-hybridized carbons (Fsp3) is 0.182. The maximum atomic E-state index is 13.2. The minimum Gasteiger partial charge on any atom is -0.283 e. The highest BCUT2D eigenvalue weighted by Crippen LogP contribution is 2.36. The van der Waals surface area contributed by atoms with Gasteiger partial charge in [-0.05, 0) is 30.0 Å². The minimum atomic E-state index is -3.45. The maximum Gasteiger partial charge on any atom is 0.284 e. The molecule has 6 nitrogen and oxygen atoms in total. The molecule has 1 aromatic heterocycles. The van der Waals surface area contributed by atoms with Crippen molar-refractivity contribution < 1.29 is 13.2 Å². The van der Waals surface area contributed by atoms with Crippen molar-refractivity contribution in [3.8, 4) is 0 Å². The molecule has 0 saturated heterocycles. The Balaban J connectivity index is 1.77. The fourth-order valence-corrected chi connectivity index (χ4v) is 4.77. The standard InChI is InChI=1S/C22H21N3O3S2/c1-15-7-5-8-16(13-15)20-14-19(23-25(20)22(26)21-11-6-12-29-21)17-9-3-4-10-18(17)24-30(2,27)28/h3-13,20,24H,14H2,1-2H3. The summed E-state index contributed by atoms with van der Waals surface area (Å²) in [6.45, 7) is 2.01. The smallest absolute Gasteiger partial charge is 0.283 e. The number of benzene rings is 2. The van der Waals surface area contributed by atoms with Crippen molar-refractivity contribution in [2.45, 2.75) is 19.4 Å². The molecule has 0 saturated carbocycles. The third kappa shape index (κ3) is 4.29. The van der Waals surface area contributed by atoms with Gasteiger partial charge < -0.3 is 0 Å². The topological polar surface area (TPSA) is 78.8 Å². The summed E-state index contributed by atoms with van der Waals surface area (Å²) in [5.74, 6) is -0.167. The Morgan fingerprint density at radius 3 is 2.63 bits per heavy atom. The third-order valence-corrected chi connectivity index (χ3v) is 6.26. The summed E-state index contributed by atoms with van der Waals surface area (Å²) < 4.78 is 26.2. The molecule has 1 unspecified atom stereocenters. The lowest BCUT2D eigenvalue weighted by Crippen LogP contribution is -2.26. The number of aryl methyl sites for hydroxylation is 1. The average Bonchev–Trinajstić information content (AvgIpc) is 3.37. The number of hydrogen-bond acceptors (Lipinski definition) is 5. The number of thiophene rings is 1. The molecule has 8 heteroatoms. The first-order valence-corrected chi connectivity index (χ1v) is 12.2. The number of nitrogens with one attached hydrogen (secondary N) is 1. The Morgan fingerprint density at radius 1 is 1.13 bits per heavy atom. The predicted octanol–water partition coefficient (Wildman–Crippen LogP) is 4.42. The van der Waals surface area contributed by atoms with Crippen molar-refractivity contribution in [3.05, 3.63) is 87.6 Å². The first kappa shape index (κ1) is 20.3. The third-order valence-electron chi connectivity index (χ3n) is 4.81. The molecule has 30 heavy (non-hydrogen) atoms. The van der Waals surface area contributed by atoms with Crippen LogP contribution < -0.4 is 4.72 Å². The van der Waals surface area contributed by atoms with Crippen LogP contribution in [0.25, 0.3) is 0 Å². The van der Waals surface area contributed by atoms with Crippen LogP contribution in [0.15, 0.2) is 71.1 Å². The fourth-order valence-electron chi connectivity index (χ4n) is 3.53. The van der Waals surface area contributed by atoms with E-state index in [1.165, 1.54) is 16.3 Å². The molecule has 0 aliphatic carbocycles. The molecule has 2 aromatic carbocycles. The molecule has 154 valence electrons. The van der Waals surface area contributed by atoms with Crippen LogP contribution in [-0.4, -0.2) is 31.3 Å². The van der Waals surface area contributed by atoms with Gasteiger partial charge in [0.25, 0.3) is 5.91 Å². The number of carbonyl (C=O) groups is 1. The molecule has 0 bridgehead atoms. The zero-order valence-electron chi connectivity index (χ0n) is 16.6. The molecule has 0 radical (unpaired) electrons. The molecule has 2 heterocycles. The summed E-state index contributed by atoms with van der Waals surface area (Å²) >= 11 is 1.37. The molecule has 1 aliphatic rings. The van der Waals surface area contributed by atoms with E-state index >= 15 is 0 Å². The van der Waals surface area contributed by atoms with E-state index in [2.05, 4.69) is 15.9 Å². The number of sulfonamides is 1. The van der Waals surface area contributed by atoms with Crippen molar-refractivity contribution in [3.63, 3.8) is 0 Å². The van der Waals surface area contributed by atoms with E-state index in [0.717, 1.165) is 17.4 Å². The molecule has 1 atom stereocenters. The molecule has 1 aliphatic heterocycles. The highest BCUT2D eigenvalue weighted by Gasteiger charge is 2.34. The van der Waals surface area contributed by atoms with Gasteiger partial charge in [-0.3, -0.25) is 9.52 Å². The number of hydrogen-bond donors (Lipinski definition) is 1. The van der Waals surface area contributed by atoms with Gasteiger partial charge in [0.2, 0.25) is 10.0 Å². The first-order valence-electron chi connectivity index (χ1n) is 9.40. The van der Waals surface area contributed by atoms with Gasteiger partial charge in [-0.2, -0.15) is 5.10 Å². The Bertz CT molecular complexity index is 1220. The van der Waals surface area contributed by atoms with Gasteiger partial charge in [-0.15, -0.1) is 11.3 Å². The Labute approximate surface area is 179 Å². The largest absolute Gasteiger partial charge is 0.284 e. The second kappa shape index (κ2) is 8.04. The van der Waals surface area contributed by atoms with E-state index in [0.29, 0.717) is 28.3 Å². The lowest BCUT2D eigenvalue weighted by Gasteiger charge is -2.21. The Hall–Kier alpha value is -2.97. The molecule has 1 N–H and O–H groups in total. The summed E-state index contributed by atoms with van der Waals surface area (Å²) in [7, 11) is -3.45. The van der Waals surface area contributed by atoms with Gasteiger partial charge >= 0.3 is 0 Å². The summed E-state index contributed by atoms with van der Waals surface area (Å²) in [6, 6.07) is 18.5. The maximum absolute atomic E-state index is 13.2. The van der Waals surface area contributed by atoms with Crippen LogP contribution in [0.1, 0.15) is 38.8 Å². The normalized spacial score (nSPS) is 16.4. The van der Waals surface area contributed by atoms with Crippen LogP contribution in [0, 0.1) is 6.92 Å². The predicted molar refractivity (Wildman–Crippen MR) is 120 cm³/mol. The second-order valence-corrected chi connectivity index (χ2v) is 9.92. The first-order chi connectivity index (χ1) is 14.3. The number of para-hydroxylation sites is 1. The monoisotopic (exact) mass is 439 g/mol. The molecular formula is C22H21N3O3S2. The molecule has 3 aromatic rings. The van der Waals surface area contributed by atoms with Crippen LogP contribution in [0.2, 0.25) is 0 Å². The number of nitrogens with zero attached hydrogens (tertiary/aromatic N) is 2. The van der Waals surface area contributed by atoms with Crippen LogP contribution in [-0.2, 0) is 10.0 Å². The van der Waals surface area contributed by atoms with Gasteiger partial charge in [-0.1, -0.05) is 54.1 Å². The van der Waals surface area contributed by atoms with Crippen molar-refractivity contribution in [2.75, 3.05) is 11.0 Å². The molecule has 1 amide bonds. The summed E-state index contributed by atoms with van der Waals surface area (Å²) in [5, 5.41) is 8.05. The summed E-state index contributed by atoms with van der Waals surface area (Å²) in [4.78, 5) is 13.8. The van der Waals surface area contributed by atoms with E-state index in [1.807, 2.05) is 48.7 Å². The van der Waals surface area contributed by atoms with Crippen LogP contribution in [0.4, 0.5) is 5.69 Å². The summed E-state index contributed by atoms with van der Waals surface area (Å²) in [5.41, 5.74) is 3.88. The molecular weight excluding hydrogens is 418 g/mol. The highest BCUT2D eigenvalue weighted by molar-refractivity contribution is 7.92. The minimum absolute atomic E-state index is 0.167. The SMILES string of the molecule is Cc1cccc(C2CC(c3ccccc3NS(C)(=O)=O)=NN2C(=O)c2cccs2)c1. The van der Waals surface area contributed by atoms with Crippen LogP contribution in [0.5, 0.6) is 0 Å². The van der Waals surface area contributed by atoms with Gasteiger partial charge in [0.15, 0.2) is 0 Å². The number of rotatable bonds is 5. The van der Waals surface area contributed by atoms with Crippen LogP contribution >= 0.6 is 11.3 Å². The molecule has 0 fully saturated rings. The van der Waals surface area contributed by atoms with Crippen molar-refractivity contribution in [1.29, 1.82) is 0 Å². The number of anilines is 1. The van der Waals surface area contributed by atoms with E-state index in [4.69, 9.17) is 0 Å². The lowest BCUT2D eigenvalue weighted by molar-refractivity contribution is 0.0716. The quantitative estimate of drug-likeness (QED) is 0.639. The second-order valence-electron chi connectivity index (χ2n) is 7.23. The zero-order chi connectivity index (χ0) is 21.3. The number of carbonyl (C=O) groups excluding carboxylic acids is 1. The van der Waals surface area contributed by atoms with E-state index in [-0.39, 0.29) is 11.9 Å². The molecule has 4 rings (SSSR count). The number of hydrazone groups is 1. The Morgan fingerprint density at radius 2 is 1.93 bits per heavy atom. The van der Waals surface area contributed by atoms with Gasteiger partial charge in [0, 0.05) is 12.0 Å². The highest BCUT2D eigenvalue weighted by atomic mass is 32.2. The van der Waals surface area contributed by atoms with Crippen molar-refractivity contribution in [2.24, 2.45) is 5.10 Å². The average molecular weight is 440 g/mol. The van der Waals surface area contributed by atoms with Gasteiger partial charge in [-0.25, -0.2) is 13.4 Å². The van der Waals surface area contributed by atoms with Gasteiger partial charge in [0.05, 0.1) is 28.6 Å². The van der Waals surface area contributed by atoms with E-state index < -0.39 is 10.0 Å². The Kier molecular flexibility index (Phi) is 5.44. The molecule has 0 spiro atoms.